The summed E-state index contributed by atoms with van der Waals surface area (Å²) in [5, 5.41) is 0.552. The van der Waals surface area contributed by atoms with E-state index in [1.54, 1.807) is 18.2 Å². The smallest absolute Gasteiger partial charge is 0.153 e. The minimum Gasteiger partial charge on any atom is -0.493 e. The predicted molar refractivity (Wildman–Crippen MR) is 66.4 cm³/mol. The van der Waals surface area contributed by atoms with Gasteiger partial charge in [-0.05, 0) is 37.0 Å². The molecular weight excluding hydrogens is 224 g/mol. The zero-order valence-electron chi connectivity index (χ0n) is 9.70. The second-order valence-corrected chi connectivity index (χ2v) is 4.62. The van der Waals surface area contributed by atoms with Gasteiger partial charge >= 0.3 is 0 Å². The highest BCUT2D eigenvalue weighted by atomic mass is 35.5. The van der Waals surface area contributed by atoms with Gasteiger partial charge < -0.3 is 4.74 Å². The van der Waals surface area contributed by atoms with Gasteiger partial charge in [-0.25, -0.2) is 0 Å². The molecule has 0 saturated carbocycles. The Kier molecular flexibility index (Phi) is 5.33. The van der Waals surface area contributed by atoms with E-state index < -0.39 is 0 Å². The van der Waals surface area contributed by atoms with Crippen molar-refractivity contribution in [1.82, 2.24) is 0 Å². The molecule has 0 aromatic heterocycles. The molecule has 0 unspecified atom stereocenters. The first-order chi connectivity index (χ1) is 7.63. The van der Waals surface area contributed by atoms with E-state index in [4.69, 9.17) is 16.3 Å². The van der Waals surface area contributed by atoms with Crippen molar-refractivity contribution in [2.24, 2.45) is 5.92 Å². The summed E-state index contributed by atoms with van der Waals surface area (Å²) in [7, 11) is 0. The standard InChI is InChI=1S/C13H17ClO2/c1-10(2)4-3-7-16-13-6-5-12(14)8-11(13)9-15/h5-6,8-10H,3-4,7H2,1-2H3. The number of benzene rings is 1. The highest BCUT2D eigenvalue weighted by molar-refractivity contribution is 6.30. The summed E-state index contributed by atoms with van der Waals surface area (Å²) in [5.74, 6) is 1.29. The maximum absolute atomic E-state index is 10.8. The lowest BCUT2D eigenvalue weighted by Gasteiger charge is -2.09. The van der Waals surface area contributed by atoms with Gasteiger partial charge in [-0.15, -0.1) is 0 Å². The number of ether oxygens (including phenoxy) is 1. The number of hydrogen-bond acceptors (Lipinski definition) is 2. The Morgan fingerprint density at radius 3 is 2.81 bits per heavy atom. The predicted octanol–water partition coefficient (Wildman–Crippen LogP) is 3.97. The third-order valence-corrected chi connectivity index (χ3v) is 2.52. The number of halogens is 1. The molecule has 0 aliphatic rings. The Balaban J connectivity index is 2.50. The van der Waals surface area contributed by atoms with Crippen LogP contribution in [0.3, 0.4) is 0 Å². The topological polar surface area (TPSA) is 26.3 Å². The number of rotatable bonds is 6. The van der Waals surface area contributed by atoms with Gasteiger partial charge in [0, 0.05) is 5.02 Å². The third-order valence-electron chi connectivity index (χ3n) is 2.28. The van der Waals surface area contributed by atoms with Crippen LogP contribution in [0.15, 0.2) is 18.2 Å². The van der Waals surface area contributed by atoms with Crippen LogP contribution in [-0.2, 0) is 0 Å². The summed E-state index contributed by atoms with van der Waals surface area (Å²) < 4.78 is 5.54. The van der Waals surface area contributed by atoms with E-state index >= 15 is 0 Å². The summed E-state index contributed by atoms with van der Waals surface area (Å²) in [5.41, 5.74) is 0.511. The second-order valence-electron chi connectivity index (χ2n) is 4.18. The molecule has 1 aromatic rings. The molecule has 0 atom stereocenters. The molecule has 0 bridgehead atoms. The molecule has 3 heteroatoms. The molecule has 1 aromatic carbocycles. The largest absolute Gasteiger partial charge is 0.493 e. The van der Waals surface area contributed by atoms with Crippen molar-refractivity contribution in [1.29, 1.82) is 0 Å². The van der Waals surface area contributed by atoms with Gasteiger partial charge in [0.2, 0.25) is 0 Å². The SMILES string of the molecule is CC(C)CCCOc1ccc(Cl)cc1C=O. The van der Waals surface area contributed by atoms with Gasteiger partial charge in [-0.3, -0.25) is 4.79 Å². The first-order valence-electron chi connectivity index (χ1n) is 5.51. The summed E-state index contributed by atoms with van der Waals surface area (Å²) in [6.45, 7) is 5.00. The summed E-state index contributed by atoms with van der Waals surface area (Å²) in [4.78, 5) is 10.8. The first-order valence-corrected chi connectivity index (χ1v) is 5.89. The zero-order valence-corrected chi connectivity index (χ0v) is 10.5. The van der Waals surface area contributed by atoms with Crippen LogP contribution in [0.2, 0.25) is 5.02 Å². The number of carbonyl (C=O) groups is 1. The summed E-state index contributed by atoms with van der Waals surface area (Å²) >= 11 is 5.78. The Hall–Kier alpha value is -1.02. The Morgan fingerprint density at radius 2 is 2.19 bits per heavy atom. The second kappa shape index (κ2) is 6.54. The normalized spacial score (nSPS) is 10.5. The molecule has 0 aliphatic heterocycles. The summed E-state index contributed by atoms with van der Waals surface area (Å²) in [6, 6.07) is 5.08. The zero-order chi connectivity index (χ0) is 12.0. The third kappa shape index (κ3) is 4.23. The maximum atomic E-state index is 10.8. The minimum atomic E-state index is 0.511. The van der Waals surface area contributed by atoms with Gasteiger partial charge in [0.25, 0.3) is 0 Å². The van der Waals surface area contributed by atoms with Crippen LogP contribution in [0.25, 0.3) is 0 Å². The molecule has 0 N–H and O–H groups in total. The molecule has 0 radical (unpaired) electrons. The summed E-state index contributed by atoms with van der Waals surface area (Å²) in [6.07, 6.45) is 2.90. The van der Waals surface area contributed by atoms with E-state index in [1.165, 1.54) is 0 Å². The molecule has 0 aliphatic carbocycles. The number of aldehydes is 1. The van der Waals surface area contributed by atoms with Crippen LogP contribution in [0.5, 0.6) is 5.75 Å². The van der Waals surface area contributed by atoms with E-state index in [1.807, 2.05) is 0 Å². The highest BCUT2D eigenvalue weighted by Gasteiger charge is 2.03. The van der Waals surface area contributed by atoms with E-state index in [-0.39, 0.29) is 0 Å². The molecule has 88 valence electrons. The highest BCUT2D eigenvalue weighted by Crippen LogP contribution is 2.21. The molecule has 2 nitrogen and oxygen atoms in total. The molecule has 0 amide bonds. The number of hydrogen-bond donors (Lipinski definition) is 0. The Labute approximate surface area is 102 Å². The molecule has 0 spiro atoms. The molecule has 0 fully saturated rings. The van der Waals surface area contributed by atoms with Gasteiger partial charge in [0.15, 0.2) is 6.29 Å². The van der Waals surface area contributed by atoms with Crippen molar-refractivity contribution < 1.29 is 9.53 Å². The Morgan fingerprint density at radius 1 is 1.44 bits per heavy atom. The molecule has 16 heavy (non-hydrogen) atoms. The quantitative estimate of drug-likeness (QED) is 0.556. The van der Waals surface area contributed by atoms with Gasteiger partial charge in [0.05, 0.1) is 12.2 Å². The van der Waals surface area contributed by atoms with Crippen LogP contribution in [0, 0.1) is 5.92 Å². The van der Waals surface area contributed by atoms with Gasteiger partial charge in [-0.2, -0.15) is 0 Å². The van der Waals surface area contributed by atoms with Crippen molar-refractivity contribution in [2.75, 3.05) is 6.61 Å². The Bertz CT molecular complexity index is 348. The van der Waals surface area contributed by atoms with E-state index in [0.29, 0.717) is 28.9 Å². The molecular formula is C13H17ClO2. The lowest BCUT2D eigenvalue weighted by molar-refractivity contribution is 0.111. The van der Waals surface area contributed by atoms with Crippen molar-refractivity contribution >= 4 is 17.9 Å². The van der Waals surface area contributed by atoms with E-state index in [9.17, 15) is 4.79 Å². The van der Waals surface area contributed by atoms with Crippen LogP contribution in [0.1, 0.15) is 37.0 Å². The molecule has 0 heterocycles. The van der Waals surface area contributed by atoms with Crippen LogP contribution < -0.4 is 4.74 Å². The maximum Gasteiger partial charge on any atom is 0.153 e. The average Bonchev–Trinajstić information content (AvgIpc) is 2.25. The van der Waals surface area contributed by atoms with Crippen molar-refractivity contribution in [3.05, 3.63) is 28.8 Å². The van der Waals surface area contributed by atoms with Crippen LogP contribution in [-0.4, -0.2) is 12.9 Å². The van der Waals surface area contributed by atoms with Gasteiger partial charge in [0.1, 0.15) is 5.75 Å². The van der Waals surface area contributed by atoms with Crippen molar-refractivity contribution in [2.45, 2.75) is 26.7 Å². The lowest BCUT2D eigenvalue weighted by Crippen LogP contribution is -2.01. The molecule has 0 saturated heterocycles. The average molecular weight is 241 g/mol. The fourth-order valence-corrected chi connectivity index (χ4v) is 1.60. The fraction of sp³-hybridized carbons (Fsp3) is 0.462. The fourth-order valence-electron chi connectivity index (χ4n) is 1.42. The monoisotopic (exact) mass is 240 g/mol. The van der Waals surface area contributed by atoms with E-state index in [2.05, 4.69) is 13.8 Å². The minimum absolute atomic E-state index is 0.511. The van der Waals surface area contributed by atoms with Gasteiger partial charge in [-0.1, -0.05) is 25.4 Å². The number of carbonyl (C=O) groups excluding carboxylic acids is 1. The van der Waals surface area contributed by atoms with E-state index in [0.717, 1.165) is 19.1 Å². The van der Waals surface area contributed by atoms with Crippen LogP contribution >= 0.6 is 11.6 Å². The first kappa shape index (κ1) is 13.0. The van der Waals surface area contributed by atoms with Crippen molar-refractivity contribution in [3.63, 3.8) is 0 Å². The van der Waals surface area contributed by atoms with Crippen molar-refractivity contribution in [3.8, 4) is 5.75 Å². The molecule has 1 rings (SSSR count). The van der Waals surface area contributed by atoms with Crippen LogP contribution in [0.4, 0.5) is 0 Å². The lowest BCUT2D eigenvalue weighted by atomic mass is 10.1.